The number of carbonyl (C=O) groups excluding carboxylic acids is 1. The Hall–Kier alpha value is -2.30. The number of carbonyl (C=O) groups is 1. The molecule has 0 bridgehead atoms. The van der Waals surface area contributed by atoms with Crippen molar-refractivity contribution in [3.05, 3.63) is 46.8 Å². The van der Waals surface area contributed by atoms with E-state index in [0.29, 0.717) is 24.7 Å². The van der Waals surface area contributed by atoms with Crippen molar-refractivity contribution in [3.8, 4) is 5.75 Å². The van der Waals surface area contributed by atoms with Crippen LogP contribution in [0.1, 0.15) is 47.6 Å². The van der Waals surface area contributed by atoms with E-state index in [1.165, 1.54) is 12.0 Å². The summed E-state index contributed by atoms with van der Waals surface area (Å²) < 4.78 is 6.00. The predicted octanol–water partition coefficient (Wildman–Crippen LogP) is 3.00. The third-order valence-corrected chi connectivity index (χ3v) is 5.34. The van der Waals surface area contributed by atoms with Crippen LogP contribution in [0, 0.1) is 5.92 Å². The number of amides is 1. The monoisotopic (exact) mass is 339 g/mol. The molecule has 1 atom stereocenters. The Balaban J connectivity index is 1.37. The summed E-state index contributed by atoms with van der Waals surface area (Å²) in [6.07, 6.45) is 4.18. The van der Waals surface area contributed by atoms with Gasteiger partial charge in [0.2, 0.25) is 0 Å². The lowest BCUT2D eigenvalue weighted by molar-refractivity contribution is 0.0172. The Kier molecular flexibility index (Phi) is 4.24. The third kappa shape index (κ3) is 3.15. The van der Waals surface area contributed by atoms with Gasteiger partial charge in [-0.1, -0.05) is 26.0 Å². The SMILES string of the molecule is CCc1cccc(OC2CN(C(=O)c3n[nH]c4c3C[C@@H](C)CC4)C2)c1. The molecule has 1 fully saturated rings. The van der Waals surface area contributed by atoms with E-state index in [-0.39, 0.29) is 12.0 Å². The van der Waals surface area contributed by atoms with Gasteiger partial charge >= 0.3 is 0 Å². The first kappa shape index (κ1) is 16.2. The van der Waals surface area contributed by atoms with Gasteiger partial charge in [-0.15, -0.1) is 0 Å². The Morgan fingerprint density at radius 1 is 1.40 bits per heavy atom. The zero-order valence-corrected chi connectivity index (χ0v) is 14.9. The molecule has 2 heterocycles. The van der Waals surface area contributed by atoms with Gasteiger partial charge in [0.05, 0.1) is 13.1 Å². The quantitative estimate of drug-likeness (QED) is 0.931. The average Bonchev–Trinajstić information content (AvgIpc) is 3.00. The highest BCUT2D eigenvalue weighted by molar-refractivity contribution is 5.94. The van der Waals surface area contributed by atoms with Crippen molar-refractivity contribution in [1.29, 1.82) is 0 Å². The number of ether oxygens (including phenoxy) is 1. The summed E-state index contributed by atoms with van der Waals surface area (Å²) in [5.41, 5.74) is 4.16. The van der Waals surface area contributed by atoms with Crippen molar-refractivity contribution >= 4 is 5.91 Å². The molecule has 5 nitrogen and oxygen atoms in total. The summed E-state index contributed by atoms with van der Waals surface area (Å²) in [4.78, 5) is 14.6. The van der Waals surface area contributed by atoms with E-state index < -0.39 is 0 Å². The van der Waals surface area contributed by atoms with Crippen LogP contribution in [0.25, 0.3) is 0 Å². The molecule has 4 rings (SSSR count). The molecule has 0 radical (unpaired) electrons. The van der Waals surface area contributed by atoms with Crippen LogP contribution in [0.15, 0.2) is 24.3 Å². The summed E-state index contributed by atoms with van der Waals surface area (Å²) in [6.45, 7) is 5.63. The number of nitrogens with zero attached hydrogens (tertiary/aromatic N) is 2. The number of likely N-dealkylation sites (tertiary alicyclic amines) is 1. The van der Waals surface area contributed by atoms with Gasteiger partial charge in [0, 0.05) is 11.3 Å². The van der Waals surface area contributed by atoms with Crippen LogP contribution in [0.5, 0.6) is 5.75 Å². The molecule has 1 aliphatic heterocycles. The van der Waals surface area contributed by atoms with Crippen LogP contribution in [0.2, 0.25) is 0 Å². The first-order chi connectivity index (χ1) is 12.1. The molecule has 1 aromatic heterocycles. The molecule has 1 aromatic carbocycles. The molecule has 2 aliphatic rings. The smallest absolute Gasteiger partial charge is 0.274 e. The van der Waals surface area contributed by atoms with Crippen molar-refractivity contribution in [2.45, 2.75) is 45.6 Å². The van der Waals surface area contributed by atoms with Crippen molar-refractivity contribution < 1.29 is 9.53 Å². The second-order valence-corrected chi connectivity index (χ2v) is 7.33. The molecule has 25 heavy (non-hydrogen) atoms. The Bertz CT molecular complexity index is 777. The fourth-order valence-corrected chi connectivity index (χ4v) is 3.71. The maximum absolute atomic E-state index is 12.8. The highest BCUT2D eigenvalue weighted by Crippen LogP contribution is 2.28. The van der Waals surface area contributed by atoms with Crippen LogP contribution in [0.3, 0.4) is 0 Å². The molecule has 1 saturated heterocycles. The molecule has 5 heteroatoms. The zero-order valence-electron chi connectivity index (χ0n) is 14.9. The number of aryl methyl sites for hydroxylation is 2. The van der Waals surface area contributed by atoms with E-state index in [4.69, 9.17) is 4.74 Å². The summed E-state index contributed by atoms with van der Waals surface area (Å²) in [7, 11) is 0. The van der Waals surface area contributed by atoms with Gasteiger partial charge in [-0.3, -0.25) is 9.89 Å². The molecule has 132 valence electrons. The van der Waals surface area contributed by atoms with E-state index in [0.717, 1.165) is 36.3 Å². The fraction of sp³-hybridized carbons (Fsp3) is 0.500. The van der Waals surface area contributed by atoms with Gasteiger partial charge < -0.3 is 9.64 Å². The number of benzene rings is 1. The number of aromatic nitrogens is 2. The van der Waals surface area contributed by atoms with Crippen LogP contribution >= 0.6 is 0 Å². The topological polar surface area (TPSA) is 58.2 Å². The minimum Gasteiger partial charge on any atom is -0.487 e. The number of hydrogen-bond donors (Lipinski definition) is 1. The van der Waals surface area contributed by atoms with E-state index in [9.17, 15) is 4.79 Å². The summed E-state index contributed by atoms with van der Waals surface area (Å²) in [6, 6.07) is 8.18. The first-order valence-electron chi connectivity index (χ1n) is 9.25. The number of rotatable bonds is 4. The van der Waals surface area contributed by atoms with Gasteiger partial charge in [0.25, 0.3) is 5.91 Å². The van der Waals surface area contributed by atoms with Gasteiger partial charge in [0.15, 0.2) is 5.69 Å². The molecule has 0 spiro atoms. The van der Waals surface area contributed by atoms with Gasteiger partial charge in [-0.2, -0.15) is 5.10 Å². The Labute approximate surface area is 148 Å². The van der Waals surface area contributed by atoms with Crippen LogP contribution in [-0.2, 0) is 19.3 Å². The largest absolute Gasteiger partial charge is 0.487 e. The summed E-state index contributed by atoms with van der Waals surface area (Å²) in [5.74, 6) is 1.55. The predicted molar refractivity (Wildman–Crippen MR) is 95.9 cm³/mol. The third-order valence-electron chi connectivity index (χ3n) is 5.34. The van der Waals surface area contributed by atoms with Crippen LogP contribution in [0.4, 0.5) is 0 Å². The van der Waals surface area contributed by atoms with Crippen LogP contribution < -0.4 is 4.74 Å². The van der Waals surface area contributed by atoms with Crippen LogP contribution in [-0.4, -0.2) is 40.2 Å². The highest BCUT2D eigenvalue weighted by Gasteiger charge is 2.36. The van der Waals surface area contributed by atoms with Gasteiger partial charge in [0.1, 0.15) is 11.9 Å². The number of H-pyrrole nitrogens is 1. The molecule has 1 amide bonds. The molecule has 1 aliphatic carbocycles. The van der Waals surface area contributed by atoms with Gasteiger partial charge in [-0.25, -0.2) is 0 Å². The maximum atomic E-state index is 12.8. The second-order valence-electron chi connectivity index (χ2n) is 7.33. The average molecular weight is 339 g/mol. The molecule has 0 saturated carbocycles. The lowest BCUT2D eigenvalue weighted by atomic mass is 9.87. The summed E-state index contributed by atoms with van der Waals surface area (Å²) >= 11 is 0. The Morgan fingerprint density at radius 3 is 3.04 bits per heavy atom. The molecular weight excluding hydrogens is 314 g/mol. The Morgan fingerprint density at radius 2 is 2.24 bits per heavy atom. The minimum absolute atomic E-state index is 0.0359. The normalized spacial score (nSPS) is 20.1. The molecule has 2 aromatic rings. The van der Waals surface area contributed by atoms with E-state index >= 15 is 0 Å². The van der Waals surface area contributed by atoms with Crippen molar-refractivity contribution in [2.24, 2.45) is 5.92 Å². The minimum atomic E-state index is 0.0359. The highest BCUT2D eigenvalue weighted by atomic mass is 16.5. The van der Waals surface area contributed by atoms with Crippen molar-refractivity contribution in [2.75, 3.05) is 13.1 Å². The number of fused-ring (bicyclic) bond motifs is 1. The molecule has 1 N–H and O–H groups in total. The van der Waals surface area contributed by atoms with E-state index in [1.54, 1.807) is 0 Å². The molecular formula is C20H25N3O2. The molecule has 0 unspecified atom stereocenters. The number of nitrogens with one attached hydrogen (secondary N) is 1. The maximum Gasteiger partial charge on any atom is 0.274 e. The van der Waals surface area contributed by atoms with E-state index in [2.05, 4.69) is 36.2 Å². The van der Waals surface area contributed by atoms with Crippen molar-refractivity contribution in [1.82, 2.24) is 15.1 Å². The lowest BCUT2D eigenvalue weighted by Crippen LogP contribution is -2.56. The lowest BCUT2D eigenvalue weighted by Gasteiger charge is -2.38. The fourth-order valence-electron chi connectivity index (χ4n) is 3.71. The number of aromatic amines is 1. The number of hydrogen-bond acceptors (Lipinski definition) is 3. The second kappa shape index (κ2) is 6.54. The summed E-state index contributed by atoms with van der Waals surface area (Å²) in [5, 5.41) is 7.38. The first-order valence-corrected chi connectivity index (χ1v) is 9.25. The van der Waals surface area contributed by atoms with E-state index in [1.807, 2.05) is 17.0 Å². The zero-order chi connectivity index (χ0) is 17.4. The van der Waals surface area contributed by atoms with Gasteiger partial charge in [-0.05, 0) is 49.3 Å². The van der Waals surface area contributed by atoms with Crippen molar-refractivity contribution in [3.63, 3.8) is 0 Å². The standard InChI is InChI=1S/C20H25N3O2/c1-3-14-5-4-6-15(10-14)25-16-11-23(12-16)20(24)19-17-9-13(2)7-8-18(17)21-22-19/h4-6,10,13,16H,3,7-9,11-12H2,1-2H3,(H,21,22)/t13-/m0/s1.